The van der Waals surface area contributed by atoms with Gasteiger partial charge in [-0.3, -0.25) is 9.48 Å². The van der Waals surface area contributed by atoms with Crippen molar-refractivity contribution in [1.29, 1.82) is 0 Å². The zero-order valence-corrected chi connectivity index (χ0v) is 13.3. The molecule has 0 saturated heterocycles. The predicted molar refractivity (Wildman–Crippen MR) is 84.2 cm³/mol. The summed E-state index contributed by atoms with van der Waals surface area (Å²) in [7, 11) is 0. The first-order valence-corrected chi connectivity index (χ1v) is 7.42. The van der Waals surface area contributed by atoms with E-state index in [2.05, 4.69) is 15.5 Å². The number of benzene rings is 1. The van der Waals surface area contributed by atoms with Crippen LogP contribution in [0.25, 0.3) is 0 Å². The van der Waals surface area contributed by atoms with Gasteiger partial charge < -0.3 is 5.32 Å². The van der Waals surface area contributed by atoms with Crippen LogP contribution in [0.2, 0.25) is 5.02 Å². The molecule has 2 aromatic heterocycles. The highest BCUT2D eigenvalue weighted by molar-refractivity contribution is 6.33. The molecule has 0 bridgehead atoms. The summed E-state index contributed by atoms with van der Waals surface area (Å²) in [6.07, 6.45) is 2.53. The van der Waals surface area contributed by atoms with Crippen LogP contribution in [-0.4, -0.2) is 25.5 Å². The second kappa shape index (κ2) is 6.98. The van der Waals surface area contributed by atoms with Crippen LogP contribution in [0, 0.1) is 5.82 Å². The Morgan fingerprint density at radius 3 is 2.84 bits per heavy atom. The van der Waals surface area contributed by atoms with Crippen molar-refractivity contribution >= 4 is 23.3 Å². The fourth-order valence-corrected chi connectivity index (χ4v) is 2.40. The van der Waals surface area contributed by atoms with E-state index in [4.69, 9.17) is 11.6 Å². The van der Waals surface area contributed by atoms with E-state index in [0.717, 1.165) is 12.3 Å². The Kier molecular flexibility index (Phi) is 4.75. The molecule has 0 aliphatic carbocycles. The molecular formula is C15H11ClF3N5O. The van der Waals surface area contributed by atoms with E-state index in [0.29, 0.717) is 5.56 Å². The molecule has 1 amide bonds. The smallest absolute Gasteiger partial charge is 0.302 e. The summed E-state index contributed by atoms with van der Waals surface area (Å²) in [6, 6.07) is 7.08. The largest absolute Gasteiger partial charge is 0.333 e. The van der Waals surface area contributed by atoms with Crippen molar-refractivity contribution in [3.63, 3.8) is 0 Å². The van der Waals surface area contributed by atoms with Gasteiger partial charge in [0.25, 0.3) is 5.91 Å². The zero-order valence-electron chi connectivity index (χ0n) is 12.5. The maximum atomic E-state index is 13.2. The first-order valence-electron chi connectivity index (χ1n) is 7.04. The van der Waals surface area contributed by atoms with E-state index >= 15 is 0 Å². The normalized spacial score (nSPS) is 11.1. The van der Waals surface area contributed by atoms with Crippen molar-refractivity contribution in [3.8, 4) is 0 Å². The fraction of sp³-hybridized carbons (Fsp3) is 0.133. The van der Waals surface area contributed by atoms with E-state index in [1.165, 1.54) is 23.0 Å². The van der Waals surface area contributed by atoms with E-state index in [1.807, 2.05) is 0 Å². The van der Waals surface area contributed by atoms with Gasteiger partial charge in [-0.05, 0) is 23.8 Å². The lowest BCUT2D eigenvalue weighted by Gasteiger charge is -2.06. The molecule has 0 unspecified atom stereocenters. The van der Waals surface area contributed by atoms with Gasteiger partial charge in [-0.2, -0.15) is 23.7 Å². The number of halogens is 4. The number of nitrogens with zero attached hydrogens (tertiary/aromatic N) is 4. The number of anilines is 1. The minimum Gasteiger partial charge on any atom is -0.302 e. The monoisotopic (exact) mass is 369 g/mol. The molecule has 0 saturated carbocycles. The van der Waals surface area contributed by atoms with Gasteiger partial charge in [0.1, 0.15) is 16.5 Å². The number of hydrogen-bond donors (Lipinski definition) is 1. The van der Waals surface area contributed by atoms with Crippen LogP contribution in [0.4, 0.5) is 19.0 Å². The molecule has 3 aromatic rings. The lowest BCUT2D eigenvalue weighted by molar-refractivity contribution is 0.0520. The number of carbonyl (C=O) groups excluding carboxylic acids is 1. The highest BCUT2D eigenvalue weighted by Crippen LogP contribution is 2.21. The van der Waals surface area contributed by atoms with Gasteiger partial charge in [0, 0.05) is 12.4 Å². The van der Waals surface area contributed by atoms with Gasteiger partial charge >= 0.3 is 6.55 Å². The van der Waals surface area contributed by atoms with Crippen molar-refractivity contribution in [2.45, 2.75) is 13.1 Å². The third kappa shape index (κ3) is 3.82. The van der Waals surface area contributed by atoms with Crippen LogP contribution >= 0.6 is 11.6 Å². The maximum absolute atomic E-state index is 13.2. The topological polar surface area (TPSA) is 64.7 Å². The lowest BCUT2D eigenvalue weighted by Crippen LogP contribution is -2.19. The highest BCUT2D eigenvalue weighted by atomic mass is 35.5. The fourth-order valence-electron chi connectivity index (χ4n) is 2.21. The van der Waals surface area contributed by atoms with Crippen LogP contribution in [0.15, 0.2) is 42.7 Å². The molecule has 0 radical (unpaired) electrons. The van der Waals surface area contributed by atoms with Gasteiger partial charge in [-0.15, -0.1) is 0 Å². The number of carbonyl (C=O) groups is 1. The van der Waals surface area contributed by atoms with Crippen molar-refractivity contribution in [2.24, 2.45) is 0 Å². The summed E-state index contributed by atoms with van der Waals surface area (Å²) in [4.78, 5) is 12.1. The van der Waals surface area contributed by atoms with Crippen molar-refractivity contribution in [3.05, 3.63) is 64.8 Å². The van der Waals surface area contributed by atoms with Crippen LogP contribution < -0.4 is 5.32 Å². The van der Waals surface area contributed by atoms with Gasteiger partial charge in [0.15, 0.2) is 5.82 Å². The minimum absolute atomic E-state index is 0.00471. The van der Waals surface area contributed by atoms with E-state index < -0.39 is 12.5 Å². The molecule has 0 atom stereocenters. The molecule has 0 spiro atoms. The number of nitrogens with one attached hydrogen (secondary N) is 1. The van der Waals surface area contributed by atoms with Gasteiger partial charge in [0.2, 0.25) is 0 Å². The number of hydrogen-bond acceptors (Lipinski definition) is 3. The van der Waals surface area contributed by atoms with Crippen molar-refractivity contribution in [2.75, 3.05) is 5.32 Å². The predicted octanol–water partition coefficient (Wildman–Crippen LogP) is 3.57. The minimum atomic E-state index is -2.95. The Labute approximate surface area is 144 Å². The molecule has 1 N–H and O–H groups in total. The average Bonchev–Trinajstić information content (AvgIpc) is 3.15. The van der Waals surface area contributed by atoms with Crippen LogP contribution in [0.5, 0.6) is 0 Å². The number of alkyl halides is 2. The summed E-state index contributed by atoms with van der Waals surface area (Å²) in [5, 5.41) is 9.93. The summed E-state index contributed by atoms with van der Waals surface area (Å²) < 4.78 is 40.4. The molecule has 1 aromatic carbocycles. The van der Waals surface area contributed by atoms with Crippen LogP contribution in [0.1, 0.15) is 22.6 Å². The standard InChI is InChI=1S/C15H11ClF3N5O/c16-11-8-23(7-9-2-1-3-10(17)6-9)22-13(11)21-14(25)12-4-5-20-24(12)15(18)19/h1-6,8,15H,7H2,(H,21,22,25). The quantitative estimate of drug-likeness (QED) is 0.747. The van der Waals surface area contributed by atoms with Crippen molar-refractivity contribution in [1.82, 2.24) is 19.6 Å². The molecule has 3 rings (SSSR count). The number of rotatable bonds is 5. The highest BCUT2D eigenvalue weighted by Gasteiger charge is 2.20. The summed E-state index contributed by atoms with van der Waals surface area (Å²) in [6.45, 7) is -2.72. The van der Waals surface area contributed by atoms with E-state index in [-0.39, 0.29) is 33.6 Å². The third-order valence-electron chi connectivity index (χ3n) is 3.27. The average molecular weight is 370 g/mol. The molecule has 130 valence electrons. The Morgan fingerprint density at radius 1 is 1.32 bits per heavy atom. The summed E-state index contributed by atoms with van der Waals surface area (Å²) in [5.41, 5.74) is 0.318. The van der Waals surface area contributed by atoms with Gasteiger partial charge in [-0.1, -0.05) is 23.7 Å². The molecule has 0 fully saturated rings. The molecule has 10 heteroatoms. The second-order valence-corrected chi connectivity index (χ2v) is 5.45. The molecule has 2 heterocycles. The molecule has 0 aliphatic heterocycles. The maximum Gasteiger partial charge on any atom is 0.333 e. The lowest BCUT2D eigenvalue weighted by atomic mass is 10.2. The first-order chi connectivity index (χ1) is 11.9. The first kappa shape index (κ1) is 17.0. The second-order valence-electron chi connectivity index (χ2n) is 5.05. The summed E-state index contributed by atoms with van der Waals surface area (Å²) in [5.74, 6) is -1.20. The third-order valence-corrected chi connectivity index (χ3v) is 3.55. The van der Waals surface area contributed by atoms with E-state index in [9.17, 15) is 18.0 Å². The molecular weight excluding hydrogens is 359 g/mol. The van der Waals surface area contributed by atoms with E-state index in [1.54, 1.807) is 12.1 Å². The van der Waals surface area contributed by atoms with Crippen LogP contribution in [-0.2, 0) is 6.54 Å². The Hall–Kier alpha value is -2.81. The van der Waals surface area contributed by atoms with Crippen molar-refractivity contribution < 1.29 is 18.0 Å². The SMILES string of the molecule is O=C(Nc1nn(Cc2cccc(F)c2)cc1Cl)c1ccnn1C(F)F. The Balaban J connectivity index is 1.76. The van der Waals surface area contributed by atoms with Gasteiger partial charge in [0.05, 0.1) is 6.54 Å². The summed E-state index contributed by atoms with van der Waals surface area (Å²) >= 11 is 6.01. The number of amides is 1. The Bertz CT molecular complexity index is 908. The molecule has 0 aliphatic rings. The van der Waals surface area contributed by atoms with Crippen LogP contribution in [0.3, 0.4) is 0 Å². The molecule has 6 nitrogen and oxygen atoms in total. The molecule has 25 heavy (non-hydrogen) atoms. The Morgan fingerprint density at radius 2 is 2.12 bits per heavy atom. The van der Waals surface area contributed by atoms with Gasteiger partial charge in [-0.25, -0.2) is 4.39 Å². The number of aromatic nitrogens is 4. The zero-order chi connectivity index (χ0) is 18.0.